The number of rotatable bonds is 5. The Kier molecular flexibility index (Phi) is 4.53. The minimum absolute atomic E-state index is 0.871. The summed E-state index contributed by atoms with van der Waals surface area (Å²) in [7, 11) is 2.12. The third kappa shape index (κ3) is 4.07. The number of hydrogen-bond donors (Lipinski definition) is 1. The molecule has 0 bridgehead atoms. The van der Waals surface area contributed by atoms with Crippen LogP contribution in [0.3, 0.4) is 0 Å². The molecule has 0 saturated heterocycles. The van der Waals surface area contributed by atoms with Crippen LogP contribution >= 0.6 is 0 Å². The minimum atomic E-state index is 0.871. The number of benzene rings is 1. The standard InChI is InChI=1S/C16H21N3/c1-13-6-7-16(17)14(11-13)12-19(2)10-8-15-5-3-4-9-18-15/h3-7,9,11H,8,10,12,17H2,1-2H3. The van der Waals surface area contributed by atoms with Gasteiger partial charge in [-0.1, -0.05) is 23.8 Å². The zero-order valence-electron chi connectivity index (χ0n) is 11.6. The molecule has 0 unspecified atom stereocenters. The van der Waals surface area contributed by atoms with Crippen molar-refractivity contribution in [1.82, 2.24) is 9.88 Å². The van der Waals surface area contributed by atoms with Crippen LogP contribution in [0.1, 0.15) is 16.8 Å². The second kappa shape index (κ2) is 6.34. The van der Waals surface area contributed by atoms with Crippen molar-refractivity contribution in [2.24, 2.45) is 0 Å². The summed E-state index contributed by atoms with van der Waals surface area (Å²) < 4.78 is 0. The predicted octanol–water partition coefficient (Wildman–Crippen LogP) is 2.65. The highest BCUT2D eigenvalue weighted by molar-refractivity contribution is 5.48. The molecule has 1 heterocycles. The largest absolute Gasteiger partial charge is 0.398 e. The lowest BCUT2D eigenvalue weighted by Crippen LogP contribution is -2.21. The Morgan fingerprint density at radius 1 is 1.21 bits per heavy atom. The van der Waals surface area contributed by atoms with Crippen LogP contribution in [0.15, 0.2) is 42.6 Å². The number of nitrogen functional groups attached to an aromatic ring is 1. The molecule has 2 rings (SSSR count). The van der Waals surface area contributed by atoms with E-state index in [2.05, 4.69) is 36.0 Å². The van der Waals surface area contributed by atoms with E-state index < -0.39 is 0 Å². The van der Waals surface area contributed by atoms with Crippen molar-refractivity contribution in [3.63, 3.8) is 0 Å². The van der Waals surface area contributed by atoms with Crippen molar-refractivity contribution in [3.8, 4) is 0 Å². The molecule has 1 aromatic heterocycles. The van der Waals surface area contributed by atoms with Gasteiger partial charge in [-0.3, -0.25) is 4.98 Å². The van der Waals surface area contributed by atoms with Crippen LogP contribution in [0.5, 0.6) is 0 Å². The maximum Gasteiger partial charge on any atom is 0.0416 e. The minimum Gasteiger partial charge on any atom is -0.398 e. The van der Waals surface area contributed by atoms with E-state index in [9.17, 15) is 0 Å². The molecule has 1 aromatic carbocycles. The van der Waals surface area contributed by atoms with Gasteiger partial charge in [0.2, 0.25) is 0 Å². The van der Waals surface area contributed by atoms with Gasteiger partial charge in [-0.25, -0.2) is 0 Å². The van der Waals surface area contributed by atoms with Crippen molar-refractivity contribution in [2.45, 2.75) is 19.9 Å². The zero-order valence-corrected chi connectivity index (χ0v) is 11.6. The van der Waals surface area contributed by atoms with E-state index in [-0.39, 0.29) is 0 Å². The van der Waals surface area contributed by atoms with Crippen LogP contribution in [-0.4, -0.2) is 23.5 Å². The molecule has 0 spiro atoms. The summed E-state index contributed by atoms with van der Waals surface area (Å²) in [6, 6.07) is 12.2. The fraction of sp³-hybridized carbons (Fsp3) is 0.312. The molecule has 0 aliphatic carbocycles. The summed E-state index contributed by atoms with van der Waals surface area (Å²) in [5.41, 5.74) is 10.5. The van der Waals surface area contributed by atoms with E-state index in [4.69, 9.17) is 5.73 Å². The maximum absolute atomic E-state index is 6.01. The second-order valence-corrected chi connectivity index (χ2v) is 5.01. The number of pyridine rings is 1. The van der Waals surface area contributed by atoms with Crippen molar-refractivity contribution >= 4 is 5.69 Å². The Morgan fingerprint density at radius 2 is 2.05 bits per heavy atom. The second-order valence-electron chi connectivity index (χ2n) is 5.01. The molecule has 0 fully saturated rings. The molecule has 2 N–H and O–H groups in total. The van der Waals surface area contributed by atoms with Crippen LogP contribution in [0.25, 0.3) is 0 Å². The lowest BCUT2D eigenvalue weighted by atomic mass is 10.1. The third-order valence-corrected chi connectivity index (χ3v) is 3.21. The summed E-state index contributed by atoms with van der Waals surface area (Å²) >= 11 is 0. The smallest absolute Gasteiger partial charge is 0.0416 e. The van der Waals surface area contributed by atoms with Crippen LogP contribution in [0.4, 0.5) is 5.69 Å². The number of hydrogen-bond acceptors (Lipinski definition) is 3. The van der Waals surface area contributed by atoms with Crippen molar-refractivity contribution < 1.29 is 0 Å². The SMILES string of the molecule is Cc1ccc(N)c(CN(C)CCc2ccccn2)c1. The fourth-order valence-electron chi connectivity index (χ4n) is 2.09. The molecule has 0 aliphatic heterocycles. The van der Waals surface area contributed by atoms with E-state index in [0.717, 1.165) is 30.9 Å². The number of aryl methyl sites for hydroxylation is 1. The third-order valence-electron chi connectivity index (χ3n) is 3.21. The quantitative estimate of drug-likeness (QED) is 0.835. The summed E-state index contributed by atoms with van der Waals surface area (Å²) in [5, 5.41) is 0. The summed E-state index contributed by atoms with van der Waals surface area (Å²) in [6.45, 7) is 3.95. The normalized spacial score (nSPS) is 10.9. The van der Waals surface area contributed by atoms with Gasteiger partial charge in [0.05, 0.1) is 0 Å². The molecule has 3 heteroatoms. The molecule has 100 valence electrons. The summed E-state index contributed by atoms with van der Waals surface area (Å²) in [4.78, 5) is 6.62. The Bertz CT molecular complexity index is 523. The predicted molar refractivity (Wildman–Crippen MR) is 79.9 cm³/mol. The molecule has 2 aromatic rings. The van der Waals surface area contributed by atoms with Crippen LogP contribution < -0.4 is 5.73 Å². The van der Waals surface area contributed by atoms with Gasteiger partial charge >= 0.3 is 0 Å². The average Bonchev–Trinajstić information content (AvgIpc) is 2.42. The van der Waals surface area contributed by atoms with E-state index in [0.29, 0.717) is 0 Å². The number of likely N-dealkylation sites (N-methyl/N-ethyl adjacent to an activating group) is 1. The van der Waals surface area contributed by atoms with E-state index >= 15 is 0 Å². The Labute approximate surface area is 115 Å². The Balaban J connectivity index is 1.90. The highest BCUT2D eigenvalue weighted by Gasteiger charge is 2.05. The Morgan fingerprint density at radius 3 is 2.79 bits per heavy atom. The van der Waals surface area contributed by atoms with Gasteiger partial charge < -0.3 is 10.6 Å². The highest BCUT2D eigenvalue weighted by Crippen LogP contribution is 2.15. The van der Waals surface area contributed by atoms with Gasteiger partial charge in [0.15, 0.2) is 0 Å². The number of nitrogens with two attached hydrogens (primary N) is 1. The first-order valence-corrected chi connectivity index (χ1v) is 6.58. The molecular weight excluding hydrogens is 234 g/mol. The van der Waals surface area contributed by atoms with Crippen molar-refractivity contribution in [3.05, 3.63) is 59.4 Å². The molecule has 0 atom stereocenters. The molecule has 0 saturated carbocycles. The van der Waals surface area contributed by atoms with Gasteiger partial charge in [-0.2, -0.15) is 0 Å². The average molecular weight is 255 g/mol. The molecule has 0 radical (unpaired) electrons. The topological polar surface area (TPSA) is 42.1 Å². The monoisotopic (exact) mass is 255 g/mol. The first kappa shape index (κ1) is 13.6. The number of nitrogens with zero attached hydrogens (tertiary/aromatic N) is 2. The number of anilines is 1. The Hall–Kier alpha value is -1.87. The van der Waals surface area contributed by atoms with Crippen LogP contribution in [0, 0.1) is 6.92 Å². The molecular formula is C16H21N3. The van der Waals surface area contributed by atoms with Crippen molar-refractivity contribution in [1.29, 1.82) is 0 Å². The fourth-order valence-corrected chi connectivity index (χ4v) is 2.09. The molecule has 19 heavy (non-hydrogen) atoms. The van der Waals surface area contributed by atoms with Gasteiger partial charge in [0.1, 0.15) is 0 Å². The van der Waals surface area contributed by atoms with E-state index in [1.807, 2.05) is 30.5 Å². The summed E-state index contributed by atoms with van der Waals surface area (Å²) in [6.07, 6.45) is 2.80. The first-order valence-electron chi connectivity index (χ1n) is 6.58. The molecule has 3 nitrogen and oxygen atoms in total. The van der Waals surface area contributed by atoms with Gasteiger partial charge in [0.25, 0.3) is 0 Å². The van der Waals surface area contributed by atoms with Gasteiger partial charge in [0, 0.05) is 37.1 Å². The van der Waals surface area contributed by atoms with Gasteiger partial charge in [-0.05, 0) is 37.7 Å². The van der Waals surface area contributed by atoms with Crippen LogP contribution in [-0.2, 0) is 13.0 Å². The van der Waals surface area contributed by atoms with Crippen LogP contribution in [0.2, 0.25) is 0 Å². The van der Waals surface area contributed by atoms with Gasteiger partial charge in [-0.15, -0.1) is 0 Å². The van der Waals surface area contributed by atoms with E-state index in [1.54, 1.807) is 0 Å². The van der Waals surface area contributed by atoms with E-state index in [1.165, 1.54) is 11.1 Å². The summed E-state index contributed by atoms with van der Waals surface area (Å²) in [5.74, 6) is 0. The lowest BCUT2D eigenvalue weighted by molar-refractivity contribution is 0.330. The first-order chi connectivity index (χ1) is 9.15. The van der Waals surface area contributed by atoms with Crippen molar-refractivity contribution in [2.75, 3.05) is 19.3 Å². The highest BCUT2D eigenvalue weighted by atomic mass is 15.1. The lowest BCUT2D eigenvalue weighted by Gasteiger charge is -2.18. The molecule has 0 amide bonds. The zero-order chi connectivity index (χ0) is 13.7. The number of aromatic nitrogens is 1. The maximum atomic E-state index is 6.01. The molecule has 0 aliphatic rings.